The summed E-state index contributed by atoms with van der Waals surface area (Å²) in [5.41, 5.74) is 4.27. The Kier molecular flexibility index (Phi) is 10.4. The minimum atomic E-state index is -1.31. The molecular weight excluding hydrogens is 538 g/mol. The van der Waals surface area contributed by atoms with Crippen LogP contribution < -0.4 is 10.6 Å². The highest BCUT2D eigenvalue weighted by molar-refractivity contribution is 6.31. The third kappa shape index (κ3) is 7.67. The molecule has 2 atom stereocenters. The van der Waals surface area contributed by atoms with Gasteiger partial charge in [0.05, 0.1) is 5.60 Å². The van der Waals surface area contributed by atoms with Crippen LogP contribution in [-0.4, -0.2) is 53.8 Å². The van der Waals surface area contributed by atoms with Crippen molar-refractivity contribution in [1.29, 1.82) is 0 Å². The van der Waals surface area contributed by atoms with E-state index >= 15 is 0 Å². The number of nitrogens with zero attached hydrogens (tertiary/aromatic N) is 1. The number of benzene rings is 3. The summed E-state index contributed by atoms with van der Waals surface area (Å²) in [5.74, 6) is -0.296. The number of carboxylic acid groups (broad SMARTS) is 1. The molecule has 1 saturated heterocycles. The maximum Gasteiger partial charge on any atom is 0.404 e. The summed E-state index contributed by atoms with van der Waals surface area (Å²) in [6.07, 6.45) is 1.74. The van der Waals surface area contributed by atoms with E-state index in [0.29, 0.717) is 42.9 Å². The average Bonchev–Trinajstić information content (AvgIpc) is 2.96. The standard InChI is InChI=1S/C33H40ClN3O4/c1-23-7-3-8-25(19-23)20-28-29(10-4-11-30(28)34)33(41,16-6-17-36-32(39)40)27-9-5-18-37(22-27)31(38)26-14-12-24(13-15-26)21-35-2/h3-4,7-8,10-15,19,27,35-36,41H,5-6,9,16-18,20-22H2,1-2H3,(H,39,40). The van der Waals surface area contributed by atoms with Crippen molar-refractivity contribution in [3.63, 3.8) is 0 Å². The van der Waals surface area contributed by atoms with Crippen LogP contribution in [0.2, 0.25) is 5.02 Å². The number of carbonyl (C=O) groups excluding carboxylic acids is 1. The molecule has 1 aliphatic heterocycles. The van der Waals surface area contributed by atoms with Crippen molar-refractivity contribution >= 4 is 23.6 Å². The van der Waals surface area contributed by atoms with Gasteiger partial charge in [0.1, 0.15) is 0 Å². The van der Waals surface area contributed by atoms with E-state index in [2.05, 4.69) is 22.8 Å². The summed E-state index contributed by atoms with van der Waals surface area (Å²) in [4.78, 5) is 26.5. The molecule has 0 bridgehead atoms. The maximum absolute atomic E-state index is 13.5. The Bertz CT molecular complexity index is 1350. The molecule has 8 heteroatoms. The molecule has 1 aliphatic rings. The van der Waals surface area contributed by atoms with Crippen LogP contribution in [0.3, 0.4) is 0 Å². The lowest BCUT2D eigenvalue weighted by atomic mass is 9.72. The lowest BCUT2D eigenvalue weighted by Crippen LogP contribution is -2.48. The van der Waals surface area contributed by atoms with Gasteiger partial charge in [0.15, 0.2) is 0 Å². The fourth-order valence-electron chi connectivity index (χ4n) is 5.99. The third-order valence-corrected chi connectivity index (χ3v) is 8.38. The van der Waals surface area contributed by atoms with E-state index in [1.54, 1.807) is 0 Å². The van der Waals surface area contributed by atoms with E-state index in [4.69, 9.17) is 16.7 Å². The van der Waals surface area contributed by atoms with E-state index in [1.807, 2.05) is 73.5 Å². The number of likely N-dealkylation sites (tertiary alicyclic amines) is 1. The highest BCUT2D eigenvalue weighted by Crippen LogP contribution is 2.43. The van der Waals surface area contributed by atoms with Gasteiger partial charge in [-0.3, -0.25) is 4.79 Å². The first-order chi connectivity index (χ1) is 19.7. The van der Waals surface area contributed by atoms with Crippen molar-refractivity contribution in [2.45, 2.75) is 51.2 Å². The Labute approximate surface area is 247 Å². The van der Waals surface area contributed by atoms with E-state index < -0.39 is 11.7 Å². The Morgan fingerprint density at radius 1 is 1.07 bits per heavy atom. The summed E-state index contributed by atoms with van der Waals surface area (Å²) in [5, 5.41) is 27.8. The van der Waals surface area contributed by atoms with Crippen molar-refractivity contribution in [3.05, 3.63) is 105 Å². The van der Waals surface area contributed by atoms with Crippen molar-refractivity contribution in [2.75, 3.05) is 26.7 Å². The number of aliphatic hydroxyl groups is 1. The molecule has 0 radical (unpaired) electrons. The first-order valence-corrected chi connectivity index (χ1v) is 14.6. The van der Waals surface area contributed by atoms with Crippen LogP contribution in [0.15, 0.2) is 66.7 Å². The number of carbonyl (C=O) groups is 2. The first-order valence-electron chi connectivity index (χ1n) is 14.3. The quantitative estimate of drug-likeness (QED) is 0.217. The highest BCUT2D eigenvalue weighted by Gasteiger charge is 2.42. The topological polar surface area (TPSA) is 102 Å². The molecule has 0 spiro atoms. The molecule has 4 rings (SSSR count). The molecule has 0 aliphatic carbocycles. The zero-order valence-electron chi connectivity index (χ0n) is 23.8. The maximum atomic E-state index is 13.5. The molecule has 218 valence electrons. The van der Waals surface area contributed by atoms with Crippen molar-refractivity contribution in [2.24, 2.45) is 5.92 Å². The summed E-state index contributed by atoms with van der Waals surface area (Å²) in [6, 6.07) is 21.5. The van der Waals surface area contributed by atoms with Gasteiger partial charge in [0.25, 0.3) is 5.91 Å². The summed E-state index contributed by atoms with van der Waals surface area (Å²) < 4.78 is 0. The summed E-state index contributed by atoms with van der Waals surface area (Å²) in [6.45, 7) is 4.02. The number of rotatable bonds is 11. The lowest BCUT2D eigenvalue weighted by Gasteiger charge is -2.44. The monoisotopic (exact) mass is 577 g/mol. The second-order valence-electron chi connectivity index (χ2n) is 11.0. The van der Waals surface area contributed by atoms with Crippen LogP contribution >= 0.6 is 11.6 Å². The van der Waals surface area contributed by atoms with Gasteiger partial charge in [-0.15, -0.1) is 0 Å². The predicted molar refractivity (Wildman–Crippen MR) is 162 cm³/mol. The zero-order valence-corrected chi connectivity index (χ0v) is 24.6. The minimum Gasteiger partial charge on any atom is -0.465 e. The number of halogens is 1. The first kappa shape index (κ1) is 30.6. The summed E-state index contributed by atoms with van der Waals surface area (Å²) in [7, 11) is 1.89. The van der Waals surface area contributed by atoms with Gasteiger partial charge in [0.2, 0.25) is 0 Å². The van der Waals surface area contributed by atoms with Crippen LogP contribution in [-0.2, 0) is 18.6 Å². The molecule has 4 N–H and O–H groups in total. The van der Waals surface area contributed by atoms with Gasteiger partial charge in [0, 0.05) is 42.7 Å². The fourth-order valence-corrected chi connectivity index (χ4v) is 6.23. The van der Waals surface area contributed by atoms with Crippen molar-refractivity contribution < 1.29 is 19.8 Å². The molecule has 1 fully saturated rings. The largest absolute Gasteiger partial charge is 0.465 e. The molecule has 3 aromatic rings. The van der Waals surface area contributed by atoms with E-state index in [9.17, 15) is 14.7 Å². The molecule has 2 unspecified atom stereocenters. The van der Waals surface area contributed by atoms with Crippen LogP contribution in [0.25, 0.3) is 0 Å². The second kappa shape index (κ2) is 14.0. The van der Waals surface area contributed by atoms with Gasteiger partial charge in [-0.2, -0.15) is 0 Å². The minimum absolute atomic E-state index is 0.0494. The number of hydrogen-bond acceptors (Lipinski definition) is 4. The highest BCUT2D eigenvalue weighted by atomic mass is 35.5. The lowest BCUT2D eigenvalue weighted by molar-refractivity contribution is -0.0572. The molecule has 41 heavy (non-hydrogen) atoms. The molecule has 3 aromatic carbocycles. The van der Waals surface area contributed by atoms with Gasteiger partial charge in [-0.25, -0.2) is 4.79 Å². The smallest absolute Gasteiger partial charge is 0.404 e. The summed E-state index contributed by atoms with van der Waals surface area (Å²) >= 11 is 6.79. The number of nitrogens with one attached hydrogen (secondary N) is 2. The molecular formula is C33H40ClN3O4. The van der Waals surface area contributed by atoms with Gasteiger partial charge in [-0.05, 0) is 86.5 Å². The van der Waals surface area contributed by atoms with Crippen molar-refractivity contribution in [3.8, 4) is 0 Å². The third-order valence-electron chi connectivity index (χ3n) is 8.03. The van der Waals surface area contributed by atoms with Gasteiger partial charge < -0.3 is 25.7 Å². The fraction of sp³-hybridized carbons (Fsp3) is 0.394. The van der Waals surface area contributed by atoms with E-state index in [0.717, 1.165) is 47.2 Å². The molecule has 1 heterocycles. The average molecular weight is 578 g/mol. The van der Waals surface area contributed by atoms with Crippen LogP contribution in [0.5, 0.6) is 0 Å². The predicted octanol–water partition coefficient (Wildman–Crippen LogP) is 5.75. The number of hydrogen-bond donors (Lipinski definition) is 4. The van der Waals surface area contributed by atoms with Crippen LogP contribution in [0.1, 0.15) is 63.9 Å². The zero-order chi connectivity index (χ0) is 29.4. The number of amides is 2. The molecule has 0 aromatic heterocycles. The Morgan fingerprint density at radius 3 is 2.54 bits per heavy atom. The Hall–Kier alpha value is -3.39. The van der Waals surface area contributed by atoms with Crippen molar-refractivity contribution in [1.82, 2.24) is 15.5 Å². The molecule has 0 saturated carbocycles. The van der Waals surface area contributed by atoms with Crippen LogP contribution in [0.4, 0.5) is 4.79 Å². The Morgan fingerprint density at radius 2 is 1.83 bits per heavy atom. The van der Waals surface area contributed by atoms with Gasteiger partial charge >= 0.3 is 6.09 Å². The normalized spacial score (nSPS) is 16.7. The van der Waals surface area contributed by atoms with Gasteiger partial charge in [-0.1, -0.05) is 65.7 Å². The second-order valence-corrected chi connectivity index (χ2v) is 11.4. The van der Waals surface area contributed by atoms with Crippen LogP contribution in [0, 0.1) is 12.8 Å². The van der Waals surface area contributed by atoms with E-state index in [1.165, 1.54) is 0 Å². The Balaban J connectivity index is 1.65. The molecule has 2 amide bonds. The van der Waals surface area contributed by atoms with E-state index in [-0.39, 0.29) is 18.4 Å². The number of aryl methyl sites for hydroxylation is 1. The SMILES string of the molecule is CNCc1ccc(C(=O)N2CCCC(C(O)(CCCNC(=O)O)c3cccc(Cl)c3Cc3cccc(C)c3)C2)cc1. The number of piperidine rings is 1. The molecule has 7 nitrogen and oxygen atoms in total.